The summed E-state index contributed by atoms with van der Waals surface area (Å²) in [7, 11) is 0. The minimum atomic E-state index is -0.298. The van der Waals surface area contributed by atoms with Crippen molar-refractivity contribution in [2.24, 2.45) is 0 Å². The molecule has 5 nitrogen and oxygen atoms in total. The van der Waals surface area contributed by atoms with E-state index in [0.717, 1.165) is 18.4 Å². The molecule has 1 atom stereocenters. The molecule has 2 aliphatic rings. The van der Waals surface area contributed by atoms with Crippen LogP contribution < -0.4 is 0 Å². The number of thiophene rings is 1. The largest absolute Gasteiger partial charge is 0.335 e. The molecule has 27 heavy (non-hydrogen) atoms. The maximum absolute atomic E-state index is 12.9. The second-order valence-corrected chi connectivity index (χ2v) is 8.12. The Morgan fingerprint density at radius 1 is 1.19 bits per heavy atom. The third-order valence-corrected chi connectivity index (χ3v) is 6.47. The lowest BCUT2D eigenvalue weighted by atomic mass is 9.97. The zero-order chi connectivity index (χ0) is 19.1. The average molecular weight is 382 g/mol. The van der Waals surface area contributed by atoms with Gasteiger partial charge in [-0.15, -0.1) is 11.3 Å². The summed E-state index contributed by atoms with van der Waals surface area (Å²) in [5.41, 5.74) is 3.07. The summed E-state index contributed by atoms with van der Waals surface area (Å²) in [6, 6.07) is 7.48. The zero-order valence-corrected chi connectivity index (χ0v) is 16.3. The fourth-order valence-electron chi connectivity index (χ4n) is 4.09. The summed E-state index contributed by atoms with van der Waals surface area (Å²) in [5, 5.41) is 2.09. The van der Waals surface area contributed by atoms with Crippen LogP contribution in [0.4, 0.5) is 0 Å². The zero-order valence-electron chi connectivity index (χ0n) is 15.5. The summed E-state index contributed by atoms with van der Waals surface area (Å²) < 4.78 is 0. The van der Waals surface area contributed by atoms with E-state index < -0.39 is 0 Å². The summed E-state index contributed by atoms with van der Waals surface area (Å²) >= 11 is 1.75. The van der Waals surface area contributed by atoms with Gasteiger partial charge in [0.15, 0.2) is 0 Å². The van der Waals surface area contributed by atoms with E-state index in [9.17, 15) is 14.4 Å². The molecule has 6 heteroatoms. The molecule has 3 heterocycles. The van der Waals surface area contributed by atoms with Crippen LogP contribution in [0.25, 0.3) is 0 Å². The molecule has 4 rings (SSSR count). The highest BCUT2D eigenvalue weighted by atomic mass is 32.1. The van der Waals surface area contributed by atoms with Gasteiger partial charge in [-0.3, -0.25) is 19.3 Å². The van der Waals surface area contributed by atoms with Gasteiger partial charge in [0.25, 0.3) is 11.8 Å². The van der Waals surface area contributed by atoms with E-state index in [-0.39, 0.29) is 36.7 Å². The summed E-state index contributed by atoms with van der Waals surface area (Å²) in [6.45, 7) is 4.81. The molecule has 0 aliphatic carbocycles. The van der Waals surface area contributed by atoms with Crippen LogP contribution in [0, 0.1) is 6.92 Å². The van der Waals surface area contributed by atoms with Gasteiger partial charge in [0, 0.05) is 24.4 Å². The lowest BCUT2D eigenvalue weighted by Crippen LogP contribution is -2.41. The summed E-state index contributed by atoms with van der Waals surface area (Å²) in [4.78, 5) is 42.5. The van der Waals surface area contributed by atoms with E-state index in [1.807, 2.05) is 17.9 Å². The van der Waals surface area contributed by atoms with Gasteiger partial charge < -0.3 is 4.90 Å². The van der Waals surface area contributed by atoms with Crippen LogP contribution in [0.1, 0.15) is 62.5 Å². The van der Waals surface area contributed by atoms with E-state index in [4.69, 9.17) is 0 Å². The van der Waals surface area contributed by atoms with Crippen molar-refractivity contribution in [2.75, 3.05) is 13.1 Å². The number of fused-ring (bicyclic) bond motifs is 2. The van der Waals surface area contributed by atoms with Crippen molar-refractivity contribution in [1.29, 1.82) is 0 Å². The molecule has 0 saturated carbocycles. The predicted molar refractivity (Wildman–Crippen MR) is 104 cm³/mol. The van der Waals surface area contributed by atoms with Gasteiger partial charge in [0.1, 0.15) is 0 Å². The molecule has 1 aromatic carbocycles. The van der Waals surface area contributed by atoms with Gasteiger partial charge in [-0.25, -0.2) is 0 Å². The Morgan fingerprint density at radius 3 is 2.74 bits per heavy atom. The molecule has 0 spiro atoms. The van der Waals surface area contributed by atoms with Crippen LogP contribution in [-0.2, 0) is 11.2 Å². The van der Waals surface area contributed by atoms with Crippen molar-refractivity contribution in [3.05, 3.63) is 56.8 Å². The lowest BCUT2D eigenvalue weighted by molar-refractivity contribution is -0.134. The number of nitrogens with zero attached hydrogens (tertiary/aromatic N) is 2. The first-order valence-electron chi connectivity index (χ1n) is 9.33. The van der Waals surface area contributed by atoms with Crippen molar-refractivity contribution in [1.82, 2.24) is 9.80 Å². The number of hydrogen-bond donors (Lipinski definition) is 0. The molecule has 1 unspecified atom stereocenters. The van der Waals surface area contributed by atoms with Crippen molar-refractivity contribution in [2.45, 2.75) is 39.2 Å². The van der Waals surface area contributed by atoms with Crippen molar-refractivity contribution >= 4 is 29.1 Å². The number of amides is 3. The Hall–Kier alpha value is -2.47. The van der Waals surface area contributed by atoms with E-state index in [1.54, 1.807) is 23.5 Å². The van der Waals surface area contributed by atoms with Crippen LogP contribution in [0.5, 0.6) is 0 Å². The number of benzene rings is 1. The first-order chi connectivity index (χ1) is 13.0. The van der Waals surface area contributed by atoms with Crippen LogP contribution in [0.3, 0.4) is 0 Å². The number of aryl methyl sites for hydroxylation is 1. The molecule has 0 fully saturated rings. The highest BCUT2D eigenvalue weighted by Crippen LogP contribution is 2.35. The quantitative estimate of drug-likeness (QED) is 0.760. The molecule has 0 radical (unpaired) electrons. The van der Waals surface area contributed by atoms with Crippen LogP contribution in [0.2, 0.25) is 0 Å². The maximum Gasteiger partial charge on any atom is 0.261 e. The van der Waals surface area contributed by atoms with Crippen LogP contribution in [0.15, 0.2) is 29.6 Å². The summed E-state index contributed by atoms with van der Waals surface area (Å²) in [5.74, 6) is -0.586. The minimum absolute atomic E-state index is 0.00596. The van der Waals surface area contributed by atoms with Gasteiger partial charge >= 0.3 is 0 Å². The molecular weight excluding hydrogens is 360 g/mol. The second-order valence-electron chi connectivity index (χ2n) is 7.12. The van der Waals surface area contributed by atoms with Gasteiger partial charge in [-0.05, 0) is 48.9 Å². The number of rotatable bonds is 4. The van der Waals surface area contributed by atoms with E-state index in [0.29, 0.717) is 17.7 Å². The van der Waals surface area contributed by atoms with Crippen molar-refractivity contribution in [3.8, 4) is 0 Å². The average Bonchev–Trinajstić information content (AvgIpc) is 3.23. The lowest BCUT2D eigenvalue weighted by Gasteiger charge is -2.35. The SMILES string of the molecule is CCC1c2ccsc2CCN1C(=O)CCN1C(=O)c2ccc(C)cc2C1=O. The van der Waals surface area contributed by atoms with Gasteiger partial charge in [0.2, 0.25) is 5.91 Å². The predicted octanol–water partition coefficient (Wildman–Crippen LogP) is 3.58. The molecular formula is C21H22N2O3S. The minimum Gasteiger partial charge on any atom is -0.335 e. The van der Waals surface area contributed by atoms with Crippen LogP contribution >= 0.6 is 11.3 Å². The molecule has 2 aliphatic heterocycles. The Kier molecular flexibility index (Phi) is 4.60. The monoisotopic (exact) mass is 382 g/mol. The molecule has 0 saturated heterocycles. The van der Waals surface area contributed by atoms with Crippen molar-refractivity contribution in [3.63, 3.8) is 0 Å². The van der Waals surface area contributed by atoms with Crippen LogP contribution in [-0.4, -0.2) is 40.6 Å². The smallest absolute Gasteiger partial charge is 0.261 e. The Labute approximate surface area is 162 Å². The highest BCUT2D eigenvalue weighted by molar-refractivity contribution is 7.10. The first kappa shape index (κ1) is 17.9. The molecule has 0 bridgehead atoms. The van der Waals surface area contributed by atoms with E-state index in [1.165, 1.54) is 15.3 Å². The topological polar surface area (TPSA) is 57.7 Å². The molecule has 140 valence electrons. The third-order valence-electron chi connectivity index (χ3n) is 5.48. The third kappa shape index (κ3) is 2.98. The summed E-state index contributed by atoms with van der Waals surface area (Å²) in [6.07, 6.45) is 1.91. The van der Waals surface area contributed by atoms with Crippen molar-refractivity contribution < 1.29 is 14.4 Å². The van der Waals surface area contributed by atoms with E-state index >= 15 is 0 Å². The fraction of sp³-hybridized carbons (Fsp3) is 0.381. The van der Waals surface area contributed by atoms with E-state index in [2.05, 4.69) is 18.4 Å². The Balaban J connectivity index is 1.46. The Bertz CT molecular complexity index is 933. The Morgan fingerprint density at radius 2 is 1.96 bits per heavy atom. The number of hydrogen-bond acceptors (Lipinski definition) is 4. The van der Waals surface area contributed by atoms with Gasteiger partial charge in [-0.1, -0.05) is 18.6 Å². The number of carbonyl (C=O) groups excluding carboxylic acids is 3. The van der Waals surface area contributed by atoms with Gasteiger partial charge in [0.05, 0.1) is 17.2 Å². The van der Waals surface area contributed by atoms with Gasteiger partial charge in [-0.2, -0.15) is 0 Å². The molecule has 2 aromatic rings. The normalized spacial score (nSPS) is 18.7. The molecule has 1 aromatic heterocycles. The molecule has 3 amide bonds. The number of carbonyl (C=O) groups is 3. The standard InChI is InChI=1S/C21H22N2O3S/c1-3-17-15-8-11-27-18(15)6-9-22(17)19(24)7-10-23-20(25)14-5-4-13(2)12-16(14)21(23)26/h4-5,8,11-12,17H,3,6-7,9-10H2,1-2H3. The molecule has 0 N–H and O–H groups in total. The fourth-order valence-corrected chi connectivity index (χ4v) is 5.02. The number of imide groups is 1. The second kappa shape index (κ2) is 6.93. The first-order valence-corrected chi connectivity index (χ1v) is 10.2. The maximum atomic E-state index is 12.9. The highest BCUT2D eigenvalue weighted by Gasteiger charge is 2.36.